The van der Waals surface area contributed by atoms with Crippen LogP contribution in [0.3, 0.4) is 0 Å². The second-order valence-electron chi connectivity index (χ2n) is 3.60. The molecule has 0 N–H and O–H groups in total. The van der Waals surface area contributed by atoms with Crippen LogP contribution in [0.15, 0.2) is 12.1 Å². The third kappa shape index (κ3) is 2.64. The Morgan fingerprint density at radius 2 is 1.76 bits per heavy atom. The van der Waals surface area contributed by atoms with E-state index in [-0.39, 0.29) is 5.92 Å². The van der Waals surface area contributed by atoms with Crippen molar-refractivity contribution in [2.75, 3.05) is 14.2 Å². The first-order valence-electron chi connectivity index (χ1n) is 5.38. The molecule has 0 amide bonds. The summed E-state index contributed by atoms with van der Waals surface area (Å²) < 4.78 is 10.3. The third-order valence-corrected chi connectivity index (χ3v) is 2.72. The van der Waals surface area contributed by atoms with Gasteiger partial charge < -0.3 is 14.3 Å². The van der Waals surface area contributed by atoms with Crippen molar-refractivity contribution in [3.63, 3.8) is 0 Å². The monoisotopic (exact) mass is 236 g/mol. The van der Waals surface area contributed by atoms with Gasteiger partial charge in [0.25, 0.3) is 0 Å². The Morgan fingerprint density at radius 1 is 1.18 bits per heavy atom. The van der Waals surface area contributed by atoms with E-state index in [1.165, 1.54) is 14.2 Å². The lowest BCUT2D eigenvalue weighted by molar-refractivity contribution is -0.109. The molecule has 0 aliphatic rings. The molecular weight excluding hydrogens is 220 g/mol. The minimum atomic E-state index is -0.296. The summed E-state index contributed by atoms with van der Waals surface area (Å²) in [5.74, 6) is 0.711. The Bertz CT molecular complexity index is 412. The van der Waals surface area contributed by atoms with E-state index in [1.54, 1.807) is 12.1 Å². The zero-order valence-corrected chi connectivity index (χ0v) is 10.2. The fourth-order valence-corrected chi connectivity index (χ4v) is 1.72. The van der Waals surface area contributed by atoms with Gasteiger partial charge in [0.2, 0.25) is 0 Å². The van der Waals surface area contributed by atoms with Gasteiger partial charge in [0.15, 0.2) is 11.5 Å². The molecule has 0 saturated carbocycles. The Morgan fingerprint density at radius 3 is 2.18 bits per heavy atom. The molecule has 0 fully saturated rings. The molecule has 92 valence electrons. The van der Waals surface area contributed by atoms with Crippen LogP contribution in [0, 0.1) is 0 Å². The van der Waals surface area contributed by atoms with E-state index in [0.717, 1.165) is 12.6 Å². The second kappa shape index (κ2) is 6.03. The van der Waals surface area contributed by atoms with Crippen molar-refractivity contribution in [1.29, 1.82) is 0 Å². The van der Waals surface area contributed by atoms with Crippen molar-refractivity contribution in [3.05, 3.63) is 23.3 Å². The molecule has 0 bridgehead atoms. The summed E-state index contributed by atoms with van der Waals surface area (Å²) in [6, 6.07) is 3.28. The fraction of sp³-hybridized carbons (Fsp3) is 0.385. The van der Waals surface area contributed by atoms with E-state index in [1.807, 2.05) is 6.92 Å². The number of ether oxygens (including phenoxy) is 2. The Kier molecular flexibility index (Phi) is 4.69. The fourth-order valence-electron chi connectivity index (χ4n) is 1.72. The summed E-state index contributed by atoms with van der Waals surface area (Å²) in [5, 5.41) is 0. The van der Waals surface area contributed by atoms with Crippen molar-refractivity contribution >= 4 is 12.6 Å². The summed E-state index contributed by atoms with van der Waals surface area (Å²) >= 11 is 0. The maximum Gasteiger partial charge on any atom is 0.161 e. The summed E-state index contributed by atoms with van der Waals surface area (Å²) in [5.41, 5.74) is 1.14. The summed E-state index contributed by atoms with van der Waals surface area (Å²) in [7, 11) is 3.02. The lowest BCUT2D eigenvalue weighted by Crippen LogP contribution is -2.04. The highest BCUT2D eigenvalue weighted by atomic mass is 16.5. The van der Waals surface area contributed by atoms with Gasteiger partial charge in [-0.1, -0.05) is 6.92 Å². The molecule has 0 spiro atoms. The minimum Gasteiger partial charge on any atom is -0.493 e. The van der Waals surface area contributed by atoms with Gasteiger partial charge in [0.05, 0.1) is 14.2 Å². The van der Waals surface area contributed by atoms with Gasteiger partial charge in [-0.15, -0.1) is 0 Å². The molecule has 0 heterocycles. The van der Waals surface area contributed by atoms with Gasteiger partial charge in [-0.2, -0.15) is 0 Å². The summed E-state index contributed by atoms with van der Waals surface area (Å²) in [6.07, 6.45) is 2.21. The number of hydrogen-bond acceptors (Lipinski definition) is 4. The predicted octanol–water partition coefficient (Wildman–Crippen LogP) is 2.21. The van der Waals surface area contributed by atoms with Crippen LogP contribution in [0.25, 0.3) is 0 Å². The normalized spacial score (nSPS) is 11.7. The topological polar surface area (TPSA) is 52.6 Å². The highest BCUT2D eigenvalue weighted by molar-refractivity contribution is 5.82. The summed E-state index contributed by atoms with van der Waals surface area (Å²) in [4.78, 5) is 22.0. The van der Waals surface area contributed by atoms with E-state index < -0.39 is 0 Å². The van der Waals surface area contributed by atoms with Gasteiger partial charge in [0.1, 0.15) is 12.6 Å². The van der Waals surface area contributed by atoms with Crippen LogP contribution < -0.4 is 9.47 Å². The Balaban J connectivity index is 3.37. The number of carbonyl (C=O) groups is 2. The minimum absolute atomic E-state index is 0.296. The van der Waals surface area contributed by atoms with Gasteiger partial charge in [-0.3, -0.25) is 4.79 Å². The van der Waals surface area contributed by atoms with Crippen molar-refractivity contribution in [3.8, 4) is 11.5 Å². The van der Waals surface area contributed by atoms with Crippen molar-refractivity contribution in [2.45, 2.75) is 19.3 Å². The maximum absolute atomic E-state index is 11.0. The molecule has 17 heavy (non-hydrogen) atoms. The predicted molar refractivity (Wildman–Crippen MR) is 64.0 cm³/mol. The van der Waals surface area contributed by atoms with Crippen LogP contribution in [-0.4, -0.2) is 26.8 Å². The molecule has 4 nitrogen and oxygen atoms in total. The summed E-state index contributed by atoms with van der Waals surface area (Å²) in [6.45, 7) is 1.89. The lowest BCUT2D eigenvalue weighted by atomic mass is 9.93. The number of carbonyl (C=O) groups excluding carboxylic acids is 2. The zero-order chi connectivity index (χ0) is 12.8. The first-order chi connectivity index (χ1) is 8.21. The number of hydrogen-bond donors (Lipinski definition) is 0. The van der Waals surface area contributed by atoms with Crippen molar-refractivity contribution in [1.82, 2.24) is 0 Å². The van der Waals surface area contributed by atoms with Crippen LogP contribution in [0.4, 0.5) is 0 Å². The standard InChI is InChI=1S/C13H16O4/c1-4-9(7-14)11-6-13(17-3)12(16-2)5-10(11)8-15/h5-9H,4H2,1-3H3. The van der Waals surface area contributed by atoms with E-state index in [4.69, 9.17) is 9.47 Å². The molecule has 0 aromatic heterocycles. The molecule has 0 aliphatic heterocycles. The second-order valence-corrected chi connectivity index (χ2v) is 3.60. The number of aldehydes is 2. The molecule has 4 heteroatoms. The van der Waals surface area contributed by atoms with Gasteiger partial charge in [-0.05, 0) is 24.1 Å². The van der Waals surface area contributed by atoms with Gasteiger partial charge >= 0.3 is 0 Å². The SMILES string of the molecule is CCC(C=O)c1cc(OC)c(OC)cc1C=O. The van der Waals surface area contributed by atoms with Crippen LogP contribution in [0.1, 0.15) is 35.2 Å². The van der Waals surface area contributed by atoms with Gasteiger partial charge in [-0.25, -0.2) is 0 Å². The molecule has 1 unspecified atom stereocenters. The Hall–Kier alpha value is -1.84. The quantitative estimate of drug-likeness (QED) is 0.710. The average molecular weight is 236 g/mol. The third-order valence-electron chi connectivity index (χ3n) is 2.72. The smallest absolute Gasteiger partial charge is 0.161 e. The lowest BCUT2D eigenvalue weighted by Gasteiger charge is -2.15. The first-order valence-corrected chi connectivity index (χ1v) is 5.38. The largest absolute Gasteiger partial charge is 0.493 e. The van der Waals surface area contributed by atoms with E-state index >= 15 is 0 Å². The Labute approximate surface area is 101 Å². The van der Waals surface area contributed by atoms with E-state index in [2.05, 4.69) is 0 Å². The van der Waals surface area contributed by atoms with Crippen LogP contribution in [0.5, 0.6) is 11.5 Å². The number of benzene rings is 1. The molecule has 1 aromatic carbocycles. The molecule has 1 rings (SSSR count). The molecule has 0 radical (unpaired) electrons. The first kappa shape index (κ1) is 13.2. The van der Waals surface area contributed by atoms with Crippen LogP contribution in [-0.2, 0) is 4.79 Å². The van der Waals surface area contributed by atoms with Crippen LogP contribution >= 0.6 is 0 Å². The molecule has 1 atom stereocenters. The molecule has 1 aromatic rings. The van der Waals surface area contributed by atoms with E-state index in [9.17, 15) is 9.59 Å². The molecular formula is C13H16O4. The molecule has 0 saturated heterocycles. The van der Waals surface area contributed by atoms with Crippen molar-refractivity contribution in [2.24, 2.45) is 0 Å². The van der Waals surface area contributed by atoms with E-state index in [0.29, 0.717) is 29.0 Å². The average Bonchev–Trinajstić information content (AvgIpc) is 2.39. The number of rotatable bonds is 6. The van der Waals surface area contributed by atoms with Crippen LogP contribution in [0.2, 0.25) is 0 Å². The number of methoxy groups -OCH3 is 2. The molecule has 0 aliphatic carbocycles. The highest BCUT2D eigenvalue weighted by Crippen LogP contribution is 2.33. The van der Waals surface area contributed by atoms with Gasteiger partial charge in [0, 0.05) is 11.5 Å². The zero-order valence-electron chi connectivity index (χ0n) is 10.2. The maximum atomic E-state index is 11.0. The van der Waals surface area contributed by atoms with Crippen molar-refractivity contribution < 1.29 is 19.1 Å². The highest BCUT2D eigenvalue weighted by Gasteiger charge is 2.17.